The van der Waals surface area contributed by atoms with E-state index in [0.717, 1.165) is 12.3 Å². The van der Waals surface area contributed by atoms with Crippen molar-refractivity contribution in [2.24, 2.45) is 5.92 Å². The first-order chi connectivity index (χ1) is 9.08. The second kappa shape index (κ2) is 10.5. The molecule has 0 heterocycles. The molecule has 1 aromatic carbocycles. The minimum Gasteiger partial charge on any atom is -1.00 e. The number of rotatable bonds is 8. The van der Waals surface area contributed by atoms with Crippen LogP contribution in [0.1, 0.15) is 20.8 Å². The van der Waals surface area contributed by atoms with E-state index in [4.69, 9.17) is 4.74 Å². The fraction of sp³-hybridized carbons (Fsp3) is 0.533. The second-order valence-corrected chi connectivity index (χ2v) is 5.21. The maximum absolute atomic E-state index is 11.6. The van der Waals surface area contributed by atoms with Gasteiger partial charge in [-0.2, -0.15) is 0 Å². The van der Waals surface area contributed by atoms with Crippen molar-refractivity contribution in [1.82, 2.24) is 5.32 Å². The largest absolute Gasteiger partial charge is 1.00 e. The fourth-order valence-corrected chi connectivity index (χ4v) is 1.66. The minimum atomic E-state index is 0. The predicted molar refractivity (Wildman–Crippen MR) is 76.0 cm³/mol. The van der Waals surface area contributed by atoms with E-state index in [1.807, 2.05) is 42.6 Å². The van der Waals surface area contributed by atoms with Crippen molar-refractivity contribution >= 4 is 5.91 Å². The van der Waals surface area contributed by atoms with Gasteiger partial charge in [0.2, 0.25) is 0 Å². The highest BCUT2D eigenvalue weighted by Crippen LogP contribution is 2.08. The molecule has 4 nitrogen and oxygen atoms in total. The van der Waals surface area contributed by atoms with Crippen LogP contribution in [0.15, 0.2) is 30.3 Å². The first-order valence-electron chi connectivity index (χ1n) is 6.86. The maximum Gasteiger partial charge on any atom is 0.275 e. The number of carbonyl (C=O) groups is 1. The third-order valence-electron chi connectivity index (χ3n) is 2.62. The summed E-state index contributed by atoms with van der Waals surface area (Å²) in [7, 11) is 0. The number of amides is 1. The number of nitrogens with one attached hydrogen (secondary N) is 1. The van der Waals surface area contributed by atoms with Gasteiger partial charge in [-0.1, -0.05) is 32.0 Å². The molecular weight excluding hydrogens is 276 g/mol. The van der Waals surface area contributed by atoms with Crippen molar-refractivity contribution in [3.8, 4) is 5.75 Å². The van der Waals surface area contributed by atoms with Crippen LogP contribution in [0.3, 0.4) is 0 Å². The highest BCUT2D eigenvalue weighted by Gasteiger charge is 2.09. The first kappa shape index (κ1) is 18.7. The maximum atomic E-state index is 11.6. The molecule has 1 aromatic rings. The van der Waals surface area contributed by atoms with Gasteiger partial charge in [0.25, 0.3) is 5.91 Å². The molecule has 0 aliphatic rings. The third kappa shape index (κ3) is 8.77. The molecule has 1 amide bonds. The van der Waals surface area contributed by atoms with Crippen molar-refractivity contribution in [1.29, 1.82) is 0 Å². The van der Waals surface area contributed by atoms with Crippen LogP contribution in [0.2, 0.25) is 0 Å². The Morgan fingerprint density at radius 3 is 2.50 bits per heavy atom. The van der Waals surface area contributed by atoms with E-state index in [-0.39, 0.29) is 24.4 Å². The Morgan fingerprint density at radius 2 is 1.90 bits per heavy atom. The summed E-state index contributed by atoms with van der Waals surface area (Å²) in [5.74, 6) is 1.49. The summed E-state index contributed by atoms with van der Waals surface area (Å²) in [5.41, 5.74) is 0. The topological polar surface area (TPSA) is 54.9 Å². The highest BCUT2D eigenvalue weighted by molar-refractivity contribution is 5.76. The van der Waals surface area contributed by atoms with Crippen LogP contribution in [0.5, 0.6) is 5.75 Å². The average Bonchev–Trinajstić information content (AvgIpc) is 2.37. The molecule has 0 spiro atoms. The zero-order valence-electron chi connectivity index (χ0n) is 12.4. The molecular formula is C15H25ClN2O2. The van der Waals surface area contributed by atoms with Gasteiger partial charge < -0.3 is 27.8 Å². The fourth-order valence-electron chi connectivity index (χ4n) is 1.66. The number of quaternary nitrogens is 1. The van der Waals surface area contributed by atoms with E-state index in [1.165, 1.54) is 0 Å². The summed E-state index contributed by atoms with van der Waals surface area (Å²) in [4.78, 5) is 11.6. The lowest BCUT2D eigenvalue weighted by atomic mass is 10.2. The number of para-hydroxylation sites is 1. The summed E-state index contributed by atoms with van der Waals surface area (Å²) in [5, 5.41) is 4.96. The van der Waals surface area contributed by atoms with Crippen molar-refractivity contribution in [3.63, 3.8) is 0 Å². The predicted octanol–water partition coefficient (Wildman–Crippen LogP) is -2.21. The summed E-state index contributed by atoms with van der Waals surface area (Å²) in [6, 6.07) is 9.64. The van der Waals surface area contributed by atoms with Crippen molar-refractivity contribution in [3.05, 3.63) is 30.3 Å². The van der Waals surface area contributed by atoms with E-state index >= 15 is 0 Å². The van der Waals surface area contributed by atoms with Crippen LogP contribution in [0.25, 0.3) is 0 Å². The Kier molecular flexibility index (Phi) is 9.86. The van der Waals surface area contributed by atoms with Gasteiger partial charge >= 0.3 is 0 Å². The van der Waals surface area contributed by atoms with Gasteiger partial charge in [0.15, 0.2) is 6.54 Å². The van der Waals surface area contributed by atoms with E-state index in [1.54, 1.807) is 0 Å². The van der Waals surface area contributed by atoms with Gasteiger partial charge in [-0.05, 0) is 19.1 Å². The molecule has 3 N–H and O–H groups in total. The van der Waals surface area contributed by atoms with Crippen LogP contribution >= 0.6 is 0 Å². The molecule has 5 heteroatoms. The first-order valence-corrected chi connectivity index (χ1v) is 6.86. The molecule has 0 aromatic heterocycles. The molecule has 0 bridgehead atoms. The second-order valence-electron chi connectivity index (χ2n) is 5.21. The summed E-state index contributed by atoms with van der Waals surface area (Å²) in [6.07, 6.45) is 0. The Morgan fingerprint density at radius 1 is 1.25 bits per heavy atom. The monoisotopic (exact) mass is 300 g/mol. The van der Waals surface area contributed by atoms with Crippen molar-refractivity contribution in [2.75, 3.05) is 19.7 Å². The average molecular weight is 301 g/mol. The standard InChI is InChI=1S/C15H24N2O2.ClH/c1-12(2)9-16-10-15(18)17-13(3)11-19-14-7-5-4-6-8-14;/h4-8,12-13,16H,9-11H2,1-3H3,(H,17,18);1H. The number of benzene rings is 1. The van der Waals surface area contributed by atoms with E-state index < -0.39 is 0 Å². The summed E-state index contributed by atoms with van der Waals surface area (Å²) < 4.78 is 5.59. The molecule has 20 heavy (non-hydrogen) atoms. The van der Waals surface area contributed by atoms with Gasteiger partial charge in [0.1, 0.15) is 12.4 Å². The third-order valence-corrected chi connectivity index (χ3v) is 2.62. The number of ether oxygens (including phenoxy) is 1. The van der Waals surface area contributed by atoms with Gasteiger partial charge in [0, 0.05) is 5.92 Å². The molecule has 0 radical (unpaired) electrons. The summed E-state index contributed by atoms with van der Waals surface area (Å²) >= 11 is 0. The number of hydrogen-bond donors (Lipinski definition) is 2. The lowest BCUT2D eigenvalue weighted by Crippen LogP contribution is -3.00. The van der Waals surface area contributed by atoms with Gasteiger partial charge in [0.05, 0.1) is 12.6 Å². The van der Waals surface area contributed by atoms with Crippen molar-refractivity contribution < 1.29 is 27.3 Å². The zero-order chi connectivity index (χ0) is 14.1. The van der Waals surface area contributed by atoms with Gasteiger partial charge in [-0.3, -0.25) is 4.79 Å². The Bertz CT molecular complexity index is 371. The van der Waals surface area contributed by atoms with Crippen LogP contribution < -0.4 is 27.8 Å². The van der Waals surface area contributed by atoms with Gasteiger partial charge in [-0.15, -0.1) is 0 Å². The quantitative estimate of drug-likeness (QED) is 0.572. The number of carbonyl (C=O) groups excluding carboxylic acids is 1. The van der Waals surface area contributed by atoms with E-state index in [0.29, 0.717) is 19.1 Å². The molecule has 0 saturated carbocycles. The number of nitrogens with two attached hydrogens (primary N) is 1. The number of hydrogen-bond acceptors (Lipinski definition) is 2. The molecule has 0 aliphatic carbocycles. The van der Waals surface area contributed by atoms with Gasteiger partial charge in [-0.25, -0.2) is 0 Å². The highest BCUT2D eigenvalue weighted by atomic mass is 35.5. The Hall–Kier alpha value is -1.26. The molecule has 114 valence electrons. The van der Waals surface area contributed by atoms with E-state index in [9.17, 15) is 4.79 Å². The SMILES string of the molecule is CC(C)C[NH2+]CC(=O)NC(C)COc1ccccc1.[Cl-]. The minimum absolute atomic E-state index is 0. The molecule has 0 fully saturated rings. The number of halogens is 1. The zero-order valence-corrected chi connectivity index (χ0v) is 13.2. The summed E-state index contributed by atoms with van der Waals surface area (Å²) in [6.45, 7) is 8.18. The molecule has 0 saturated heterocycles. The smallest absolute Gasteiger partial charge is 0.275 e. The molecule has 1 unspecified atom stereocenters. The van der Waals surface area contributed by atoms with Crippen LogP contribution in [-0.2, 0) is 4.79 Å². The van der Waals surface area contributed by atoms with E-state index in [2.05, 4.69) is 19.2 Å². The van der Waals surface area contributed by atoms with Crippen molar-refractivity contribution in [2.45, 2.75) is 26.8 Å². The Labute approximate surface area is 127 Å². The molecule has 1 rings (SSSR count). The lowest BCUT2D eigenvalue weighted by Gasteiger charge is -2.14. The van der Waals surface area contributed by atoms with Crippen LogP contribution in [-0.4, -0.2) is 31.6 Å². The van der Waals surface area contributed by atoms with Crippen LogP contribution in [0, 0.1) is 5.92 Å². The molecule has 0 aliphatic heterocycles. The normalized spacial score (nSPS) is 11.6. The Balaban J connectivity index is 0.00000361. The van der Waals surface area contributed by atoms with Crippen LogP contribution in [0.4, 0.5) is 0 Å². The lowest BCUT2D eigenvalue weighted by molar-refractivity contribution is -0.648. The molecule has 1 atom stereocenters.